The highest BCUT2D eigenvalue weighted by molar-refractivity contribution is 6.02. The molecule has 1 fully saturated rings. The first kappa shape index (κ1) is 18.4. The number of ether oxygens (including phenoxy) is 1. The second-order valence-corrected chi connectivity index (χ2v) is 6.79. The van der Waals surface area contributed by atoms with Gasteiger partial charge in [0.2, 0.25) is 11.8 Å². The van der Waals surface area contributed by atoms with Gasteiger partial charge in [0.15, 0.2) is 0 Å². The average Bonchev–Trinajstić information content (AvgIpc) is 2.65. The Morgan fingerprint density at radius 3 is 2.65 bits per heavy atom. The Balaban J connectivity index is 1.89. The van der Waals surface area contributed by atoms with Crippen LogP contribution in [-0.4, -0.2) is 60.6 Å². The summed E-state index contributed by atoms with van der Waals surface area (Å²) >= 11 is 0. The van der Waals surface area contributed by atoms with Crippen molar-refractivity contribution in [3.8, 4) is 0 Å². The number of fused-ring (bicyclic) bond motifs is 1. The molecule has 140 valence electrons. The van der Waals surface area contributed by atoms with E-state index in [9.17, 15) is 14.4 Å². The van der Waals surface area contributed by atoms with Crippen molar-refractivity contribution in [1.82, 2.24) is 4.90 Å². The predicted octanol–water partition coefficient (Wildman–Crippen LogP) is 1.62. The molecule has 2 aliphatic rings. The molecule has 0 radical (unpaired) electrons. The number of carbonyl (C=O) groups excluding carboxylic acids is 2. The Hall–Kier alpha value is -2.41. The lowest BCUT2D eigenvalue weighted by molar-refractivity contribution is -0.142. The van der Waals surface area contributed by atoms with Crippen LogP contribution < -0.4 is 4.90 Å². The number of amides is 2. The van der Waals surface area contributed by atoms with Gasteiger partial charge in [0.1, 0.15) is 0 Å². The summed E-state index contributed by atoms with van der Waals surface area (Å²) < 4.78 is 5.37. The number of carbonyl (C=O) groups is 3. The van der Waals surface area contributed by atoms with Crippen molar-refractivity contribution in [2.75, 3.05) is 31.7 Å². The summed E-state index contributed by atoms with van der Waals surface area (Å²) in [6.45, 7) is 1.27. The SMILES string of the molecule is CN1C(=O)CC(C(=O)N(CCC(=O)O)C2CCOCC2)c2ccccc21. The Morgan fingerprint density at radius 2 is 1.96 bits per heavy atom. The molecule has 1 saturated heterocycles. The molecule has 0 spiro atoms. The fraction of sp³-hybridized carbons (Fsp3) is 0.526. The van der Waals surface area contributed by atoms with E-state index in [1.165, 1.54) is 0 Å². The van der Waals surface area contributed by atoms with Gasteiger partial charge in [-0.3, -0.25) is 14.4 Å². The zero-order chi connectivity index (χ0) is 18.7. The fourth-order valence-electron chi connectivity index (χ4n) is 3.75. The van der Waals surface area contributed by atoms with E-state index in [0.717, 1.165) is 11.3 Å². The number of nitrogens with zero attached hydrogens (tertiary/aromatic N) is 2. The molecule has 2 aliphatic heterocycles. The summed E-state index contributed by atoms with van der Waals surface area (Å²) in [5.41, 5.74) is 1.57. The van der Waals surface area contributed by atoms with Crippen molar-refractivity contribution < 1.29 is 24.2 Å². The fourth-order valence-corrected chi connectivity index (χ4v) is 3.75. The third-order valence-electron chi connectivity index (χ3n) is 5.21. The highest BCUT2D eigenvalue weighted by atomic mass is 16.5. The number of rotatable bonds is 5. The van der Waals surface area contributed by atoms with Crippen LogP contribution in [0, 0.1) is 0 Å². The smallest absolute Gasteiger partial charge is 0.305 e. The van der Waals surface area contributed by atoms with E-state index in [4.69, 9.17) is 9.84 Å². The molecule has 2 amide bonds. The number of para-hydroxylation sites is 1. The molecule has 26 heavy (non-hydrogen) atoms. The third kappa shape index (κ3) is 3.72. The molecule has 1 aromatic carbocycles. The number of aliphatic carboxylic acids is 1. The largest absolute Gasteiger partial charge is 0.481 e. The highest BCUT2D eigenvalue weighted by Crippen LogP contribution is 2.37. The van der Waals surface area contributed by atoms with Crippen LogP contribution >= 0.6 is 0 Å². The van der Waals surface area contributed by atoms with Gasteiger partial charge in [0.25, 0.3) is 0 Å². The van der Waals surface area contributed by atoms with Crippen LogP contribution in [0.4, 0.5) is 5.69 Å². The number of carboxylic acid groups (broad SMARTS) is 1. The average molecular weight is 360 g/mol. The second kappa shape index (κ2) is 7.86. The molecule has 1 unspecified atom stereocenters. The Morgan fingerprint density at radius 1 is 1.27 bits per heavy atom. The summed E-state index contributed by atoms with van der Waals surface area (Å²) in [4.78, 5) is 40.0. The number of benzene rings is 1. The number of hydrogen-bond donors (Lipinski definition) is 1. The molecule has 0 aliphatic carbocycles. The van der Waals surface area contributed by atoms with Crippen LogP contribution in [0.1, 0.15) is 37.2 Å². The molecular formula is C19H24N2O5. The van der Waals surface area contributed by atoms with E-state index >= 15 is 0 Å². The second-order valence-electron chi connectivity index (χ2n) is 6.79. The summed E-state index contributed by atoms with van der Waals surface area (Å²) in [5, 5.41) is 9.06. The first-order chi connectivity index (χ1) is 12.5. The van der Waals surface area contributed by atoms with Crippen LogP contribution in [-0.2, 0) is 19.1 Å². The minimum Gasteiger partial charge on any atom is -0.481 e. The number of carboxylic acids is 1. The Labute approximate surface area is 152 Å². The van der Waals surface area contributed by atoms with E-state index < -0.39 is 11.9 Å². The first-order valence-electron chi connectivity index (χ1n) is 8.94. The quantitative estimate of drug-likeness (QED) is 0.862. The van der Waals surface area contributed by atoms with Crippen LogP contribution in [0.3, 0.4) is 0 Å². The minimum absolute atomic E-state index is 0.0440. The number of hydrogen-bond acceptors (Lipinski definition) is 4. The highest BCUT2D eigenvalue weighted by Gasteiger charge is 2.38. The van der Waals surface area contributed by atoms with Crippen LogP contribution in [0.2, 0.25) is 0 Å². The maximum Gasteiger partial charge on any atom is 0.305 e. The molecule has 0 aromatic heterocycles. The van der Waals surface area contributed by atoms with Gasteiger partial charge in [-0.15, -0.1) is 0 Å². The first-order valence-corrected chi connectivity index (χ1v) is 8.94. The zero-order valence-corrected chi connectivity index (χ0v) is 14.9. The normalized spacial score (nSPS) is 20.6. The summed E-state index contributed by atoms with van der Waals surface area (Å²) in [6, 6.07) is 7.37. The molecular weight excluding hydrogens is 336 g/mol. The number of anilines is 1. The molecule has 1 atom stereocenters. The molecule has 1 N–H and O–H groups in total. The van der Waals surface area contributed by atoms with E-state index in [1.54, 1.807) is 16.8 Å². The van der Waals surface area contributed by atoms with E-state index in [2.05, 4.69) is 0 Å². The molecule has 1 aromatic rings. The Bertz CT molecular complexity index is 699. The van der Waals surface area contributed by atoms with Gasteiger partial charge in [-0.25, -0.2) is 0 Å². The van der Waals surface area contributed by atoms with Gasteiger partial charge in [0.05, 0.1) is 12.3 Å². The zero-order valence-electron chi connectivity index (χ0n) is 14.9. The molecule has 0 saturated carbocycles. The predicted molar refractivity (Wildman–Crippen MR) is 95.0 cm³/mol. The standard InChI is InChI=1S/C19H24N2O5/c1-20-16-5-3-2-4-14(16)15(12-17(20)22)19(25)21(9-6-18(23)24)13-7-10-26-11-8-13/h2-5,13,15H,6-12H2,1H3,(H,23,24). The molecule has 3 rings (SSSR count). The minimum atomic E-state index is -0.935. The van der Waals surface area contributed by atoms with Crippen LogP contribution in [0.15, 0.2) is 24.3 Å². The monoisotopic (exact) mass is 360 g/mol. The molecule has 7 nitrogen and oxygen atoms in total. The van der Waals surface area contributed by atoms with Gasteiger partial charge in [-0.1, -0.05) is 18.2 Å². The van der Waals surface area contributed by atoms with E-state index in [0.29, 0.717) is 26.1 Å². The van der Waals surface area contributed by atoms with Crippen LogP contribution in [0.5, 0.6) is 0 Å². The van der Waals surface area contributed by atoms with Gasteiger partial charge < -0.3 is 19.6 Å². The molecule has 7 heteroatoms. The maximum atomic E-state index is 13.3. The van der Waals surface area contributed by atoms with Crippen molar-refractivity contribution in [1.29, 1.82) is 0 Å². The van der Waals surface area contributed by atoms with Gasteiger partial charge in [-0.05, 0) is 24.5 Å². The summed E-state index contributed by atoms with van der Waals surface area (Å²) in [7, 11) is 1.71. The third-order valence-corrected chi connectivity index (χ3v) is 5.21. The molecule has 0 bridgehead atoms. The van der Waals surface area contributed by atoms with Crippen LogP contribution in [0.25, 0.3) is 0 Å². The van der Waals surface area contributed by atoms with Gasteiger partial charge in [0, 0.05) is 45.0 Å². The summed E-state index contributed by atoms with van der Waals surface area (Å²) in [5.74, 6) is -1.76. The van der Waals surface area contributed by atoms with Crippen molar-refractivity contribution >= 4 is 23.5 Å². The Kier molecular flexibility index (Phi) is 5.56. The molecule has 2 heterocycles. The van der Waals surface area contributed by atoms with Crippen molar-refractivity contribution in [2.45, 2.75) is 37.6 Å². The van der Waals surface area contributed by atoms with Gasteiger partial charge >= 0.3 is 5.97 Å². The van der Waals surface area contributed by atoms with E-state index in [1.807, 2.05) is 24.3 Å². The van der Waals surface area contributed by atoms with Crippen molar-refractivity contribution in [2.24, 2.45) is 0 Å². The van der Waals surface area contributed by atoms with E-state index in [-0.39, 0.29) is 37.2 Å². The topological polar surface area (TPSA) is 87.2 Å². The maximum absolute atomic E-state index is 13.3. The van der Waals surface area contributed by atoms with Gasteiger partial charge in [-0.2, -0.15) is 0 Å². The van der Waals surface area contributed by atoms with Crippen molar-refractivity contribution in [3.05, 3.63) is 29.8 Å². The summed E-state index contributed by atoms with van der Waals surface area (Å²) in [6.07, 6.45) is 1.38. The lowest BCUT2D eigenvalue weighted by Gasteiger charge is -2.38. The van der Waals surface area contributed by atoms with Crippen molar-refractivity contribution in [3.63, 3.8) is 0 Å². The lowest BCUT2D eigenvalue weighted by Crippen LogP contribution is -2.48. The lowest BCUT2D eigenvalue weighted by atomic mass is 9.87.